The fourth-order valence-electron chi connectivity index (χ4n) is 0.889. The molecule has 0 aromatic heterocycles. The van der Waals surface area contributed by atoms with Crippen LogP contribution < -0.4 is 5.19 Å². The molecule has 0 aliphatic rings. The van der Waals surface area contributed by atoms with Gasteiger partial charge in [0.1, 0.15) is 6.07 Å². The molecule has 0 bridgehead atoms. The molecule has 0 radical (unpaired) electrons. The van der Waals surface area contributed by atoms with Crippen LogP contribution in [0.25, 0.3) is 0 Å². The molecule has 1 aromatic rings. The van der Waals surface area contributed by atoms with E-state index in [1.165, 1.54) is 5.19 Å². The first-order chi connectivity index (χ1) is 5.43. The van der Waals surface area contributed by atoms with E-state index in [1.807, 2.05) is 6.07 Å². The zero-order valence-electron chi connectivity index (χ0n) is 6.29. The van der Waals surface area contributed by atoms with Gasteiger partial charge in [-0.3, -0.25) is 0 Å². The van der Waals surface area contributed by atoms with Crippen LogP contribution in [0.2, 0.25) is 0 Å². The third-order valence-corrected chi connectivity index (χ3v) is 3.15. The Bertz CT molecular complexity index is 191. The van der Waals surface area contributed by atoms with Crippen molar-refractivity contribution in [3.05, 3.63) is 30.3 Å². The normalized spacial score (nSPS) is 11.0. The van der Waals surface area contributed by atoms with E-state index in [0.29, 0.717) is 6.07 Å². The number of hydrogen-bond acceptors (Lipinski definition) is 1. The molecule has 0 spiro atoms. The van der Waals surface area contributed by atoms with E-state index < -0.39 is 0 Å². The van der Waals surface area contributed by atoms with Crippen LogP contribution in [0.5, 0.6) is 0 Å². The molecular weight excluding hydrogens is 176 g/mol. The van der Waals surface area contributed by atoms with Gasteiger partial charge in [0.25, 0.3) is 0 Å². The molecule has 3 heteroatoms. The minimum atomic E-state index is -0.229. The Hall–Kier alpha value is -0.313. The second kappa shape index (κ2) is 5.35. The van der Waals surface area contributed by atoms with E-state index in [0.717, 1.165) is 6.23 Å². The summed E-state index contributed by atoms with van der Waals surface area (Å²) in [5.41, 5.74) is 0. The van der Waals surface area contributed by atoms with Crippen LogP contribution in [0.1, 0.15) is 0 Å². The molecule has 0 unspecified atom stereocenters. The molecule has 0 saturated carbocycles. The Morgan fingerprint density at radius 3 is 2.64 bits per heavy atom. The summed E-state index contributed by atoms with van der Waals surface area (Å²) in [4.78, 5) is 0. The molecule has 0 atom stereocenters. The van der Waals surface area contributed by atoms with E-state index in [4.69, 9.17) is 16.3 Å². The molecule has 0 fully saturated rings. The molecule has 0 aliphatic heterocycles. The molecule has 11 heavy (non-hydrogen) atoms. The lowest BCUT2D eigenvalue weighted by atomic mass is 10.4. The van der Waals surface area contributed by atoms with E-state index in [1.54, 1.807) is 0 Å². The van der Waals surface area contributed by atoms with Crippen LogP contribution in [0.15, 0.2) is 30.3 Å². The van der Waals surface area contributed by atoms with Gasteiger partial charge in [-0.1, -0.05) is 47.1 Å². The summed E-state index contributed by atoms with van der Waals surface area (Å²) in [6.07, 6.45) is 0.841. The molecule has 1 nitrogen and oxygen atoms in total. The fraction of sp³-hybridized carbons (Fsp3) is 0.250. The van der Waals surface area contributed by atoms with Crippen LogP contribution in [0, 0.1) is 0 Å². The van der Waals surface area contributed by atoms with Gasteiger partial charge in [-0.05, 0) is 0 Å². The van der Waals surface area contributed by atoms with Gasteiger partial charge in [-0.25, -0.2) is 0 Å². The highest BCUT2D eigenvalue weighted by molar-refractivity contribution is 6.53. The maximum atomic E-state index is 5.37. The predicted octanol–water partition coefficient (Wildman–Crippen LogP) is 0.651. The van der Waals surface area contributed by atoms with Gasteiger partial charge in [0.05, 0.1) is 9.52 Å². The zero-order valence-corrected chi connectivity index (χ0v) is 8.46. The van der Waals surface area contributed by atoms with Crippen LogP contribution in [-0.2, 0) is 4.74 Å². The summed E-state index contributed by atoms with van der Waals surface area (Å²) in [7, 11) is -0.229. The molecule has 0 heterocycles. The Kier molecular flexibility index (Phi) is 4.27. The van der Waals surface area contributed by atoms with Crippen LogP contribution in [0.4, 0.5) is 0 Å². The lowest BCUT2D eigenvalue weighted by molar-refractivity contribution is 0.230. The standard InChI is InChI=1S/C8H11ClOSi/c9-6-10-7-11-8-4-2-1-3-5-8/h1-5H,6-7,11H2. The van der Waals surface area contributed by atoms with Crippen LogP contribution >= 0.6 is 11.6 Å². The van der Waals surface area contributed by atoms with E-state index in [9.17, 15) is 0 Å². The quantitative estimate of drug-likeness (QED) is 0.381. The Balaban J connectivity index is 2.28. The highest BCUT2D eigenvalue weighted by Crippen LogP contribution is 1.82. The van der Waals surface area contributed by atoms with Crippen molar-refractivity contribution in [3.63, 3.8) is 0 Å². The lowest BCUT2D eigenvalue weighted by Gasteiger charge is -1.98. The third kappa shape index (κ3) is 3.56. The van der Waals surface area contributed by atoms with Crippen molar-refractivity contribution >= 4 is 26.3 Å². The summed E-state index contributed by atoms with van der Waals surface area (Å²) in [5.74, 6) is 0. The Morgan fingerprint density at radius 2 is 2.00 bits per heavy atom. The highest BCUT2D eigenvalue weighted by Gasteiger charge is 1.90. The Labute approximate surface area is 74.2 Å². The van der Waals surface area contributed by atoms with Gasteiger partial charge in [0.15, 0.2) is 0 Å². The number of hydrogen-bond donors (Lipinski definition) is 0. The maximum Gasteiger partial charge on any atom is 0.120 e. The maximum absolute atomic E-state index is 5.37. The number of halogens is 1. The van der Waals surface area contributed by atoms with Crippen molar-refractivity contribution < 1.29 is 4.74 Å². The predicted molar refractivity (Wildman–Crippen MR) is 51.3 cm³/mol. The third-order valence-electron chi connectivity index (χ3n) is 1.46. The summed E-state index contributed by atoms with van der Waals surface area (Å²) in [5, 5.41) is 1.43. The molecule has 0 amide bonds. The monoisotopic (exact) mass is 186 g/mol. The first kappa shape index (κ1) is 8.78. The molecule has 1 rings (SSSR count). The summed E-state index contributed by atoms with van der Waals surface area (Å²) in [6, 6.07) is 10.7. The van der Waals surface area contributed by atoms with Gasteiger partial charge >= 0.3 is 0 Å². The smallest absolute Gasteiger partial charge is 0.120 e. The van der Waals surface area contributed by atoms with Crippen LogP contribution in [-0.4, -0.2) is 21.8 Å². The van der Waals surface area contributed by atoms with E-state index in [2.05, 4.69) is 24.3 Å². The average molecular weight is 187 g/mol. The van der Waals surface area contributed by atoms with Crippen molar-refractivity contribution in [1.29, 1.82) is 0 Å². The van der Waals surface area contributed by atoms with Crippen LogP contribution in [0.3, 0.4) is 0 Å². The van der Waals surface area contributed by atoms with Gasteiger partial charge in [0, 0.05) is 6.23 Å². The van der Waals surface area contributed by atoms with Gasteiger partial charge in [0.2, 0.25) is 0 Å². The molecule has 0 N–H and O–H groups in total. The topological polar surface area (TPSA) is 9.23 Å². The van der Waals surface area contributed by atoms with Gasteiger partial charge in [-0.2, -0.15) is 0 Å². The summed E-state index contributed by atoms with van der Waals surface area (Å²) < 4.78 is 5.06. The van der Waals surface area contributed by atoms with E-state index >= 15 is 0 Å². The molecule has 0 saturated heterocycles. The molecule has 1 aromatic carbocycles. The number of alkyl halides is 1. The Morgan fingerprint density at radius 1 is 1.27 bits per heavy atom. The number of ether oxygens (including phenoxy) is 1. The largest absolute Gasteiger partial charge is 0.369 e. The second-order valence-corrected chi connectivity index (χ2v) is 4.20. The van der Waals surface area contributed by atoms with Crippen molar-refractivity contribution in [1.82, 2.24) is 0 Å². The zero-order chi connectivity index (χ0) is 7.94. The number of benzene rings is 1. The van der Waals surface area contributed by atoms with Crippen molar-refractivity contribution in [2.24, 2.45) is 0 Å². The molecular formula is C8H11ClOSi. The minimum absolute atomic E-state index is 0.229. The summed E-state index contributed by atoms with van der Waals surface area (Å²) >= 11 is 5.37. The minimum Gasteiger partial charge on any atom is -0.369 e. The van der Waals surface area contributed by atoms with Gasteiger partial charge < -0.3 is 4.74 Å². The number of rotatable bonds is 4. The highest BCUT2D eigenvalue weighted by atomic mass is 35.5. The van der Waals surface area contributed by atoms with Gasteiger partial charge in [-0.15, -0.1) is 0 Å². The average Bonchev–Trinajstić information content (AvgIpc) is 2.07. The lowest BCUT2D eigenvalue weighted by Crippen LogP contribution is -2.18. The SMILES string of the molecule is ClCOC[SiH2]c1ccccc1. The second-order valence-electron chi connectivity index (χ2n) is 2.25. The first-order valence-electron chi connectivity index (χ1n) is 3.61. The van der Waals surface area contributed by atoms with Crippen molar-refractivity contribution in [2.45, 2.75) is 0 Å². The summed E-state index contributed by atoms with van der Waals surface area (Å²) in [6.45, 7) is 0. The molecule has 0 aliphatic carbocycles. The molecule has 60 valence electrons. The van der Waals surface area contributed by atoms with Crippen molar-refractivity contribution in [2.75, 3.05) is 12.3 Å². The fourth-order valence-corrected chi connectivity index (χ4v) is 2.31. The van der Waals surface area contributed by atoms with E-state index in [-0.39, 0.29) is 9.52 Å². The first-order valence-corrected chi connectivity index (χ1v) is 5.85. The van der Waals surface area contributed by atoms with Crippen molar-refractivity contribution in [3.8, 4) is 0 Å².